The van der Waals surface area contributed by atoms with Crippen molar-refractivity contribution in [3.05, 3.63) is 68.1 Å². The molecule has 30 heavy (non-hydrogen) atoms. The van der Waals surface area contributed by atoms with Crippen LogP contribution >= 0.6 is 39.1 Å². The number of rotatable bonds is 7. The van der Waals surface area contributed by atoms with E-state index in [1.807, 2.05) is 24.3 Å². The van der Waals surface area contributed by atoms with Crippen molar-refractivity contribution in [2.75, 3.05) is 0 Å². The van der Waals surface area contributed by atoms with Crippen LogP contribution in [-0.2, 0) is 22.6 Å². The Morgan fingerprint density at radius 2 is 1.77 bits per heavy atom. The molecule has 4 nitrogen and oxygen atoms in total. The van der Waals surface area contributed by atoms with Crippen LogP contribution in [-0.4, -0.2) is 28.8 Å². The van der Waals surface area contributed by atoms with Gasteiger partial charge in [-0.15, -0.1) is 0 Å². The summed E-state index contributed by atoms with van der Waals surface area (Å²) >= 11 is 16.0. The third-order valence-electron chi connectivity index (χ3n) is 5.50. The summed E-state index contributed by atoms with van der Waals surface area (Å²) in [6.07, 6.45) is 4.28. The summed E-state index contributed by atoms with van der Waals surface area (Å²) in [6.45, 7) is 2.09. The molecule has 2 aromatic carbocycles. The van der Waals surface area contributed by atoms with Gasteiger partial charge < -0.3 is 10.2 Å². The molecule has 1 atom stereocenters. The summed E-state index contributed by atoms with van der Waals surface area (Å²) in [5.74, 6) is -0.324. The second-order valence-electron chi connectivity index (χ2n) is 7.69. The number of halogens is 3. The molecule has 1 saturated carbocycles. The summed E-state index contributed by atoms with van der Waals surface area (Å²) in [4.78, 5) is 27.8. The number of nitrogens with zero attached hydrogens (tertiary/aromatic N) is 1. The van der Waals surface area contributed by atoms with Crippen LogP contribution in [0, 0.1) is 0 Å². The first-order valence-corrected chi connectivity index (χ1v) is 11.7. The maximum absolute atomic E-state index is 13.3. The molecule has 0 bridgehead atoms. The molecule has 2 amide bonds. The minimum atomic E-state index is -0.613. The second kappa shape index (κ2) is 10.7. The molecule has 1 N–H and O–H groups in total. The molecule has 0 radical (unpaired) electrons. The van der Waals surface area contributed by atoms with Gasteiger partial charge in [0, 0.05) is 27.1 Å². The lowest BCUT2D eigenvalue weighted by Crippen LogP contribution is -2.50. The molecule has 2 aromatic rings. The van der Waals surface area contributed by atoms with Crippen LogP contribution in [0.5, 0.6) is 0 Å². The van der Waals surface area contributed by atoms with Gasteiger partial charge in [-0.1, -0.05) is 70.2 Å². The average molecular weight is 512 g/mol. The number of benzene rings is 2. The Morgan fingerprint density at radius 3 is 2.40 bits per heavy atom. The molecule has 0 unspecified atom stereocenters. The first-order chi connectivity index (χ1) is 14.3. The Labute approximate surface area is 196 Å². The van der Waals surface area contributed by atoms with E-state index in [0.29, 0.717) is 22.2 Å². The maximum Gasteiger partial charge on any atom is 0.242 e. The topological polar surface area (TPSA) is 49.4 Å². The number of amides is 2. The van der Waals surface area contributed by atoms with Gasteiger partial charge in [-0.2, -0.15) is 0 Å². The van der Waals surface area contributed by atoms with Gasteiger partial charge in [0.25, 0.3) is 0 Å². The van der Waals surface area contributed by atoms with E-state index in [4.69, 9.17) is 23.2 Å². The van der Waals surface area contributed by atoms with Crippen molar-refractivity contribution in [3.8, 4) is 0 Å². The Kier molecular flexibility index (Phi) is 8.20. The zero-order valence-electron chi connectivity index (χ0n) is 16.8. The van der Waals surface area contributed by atoms with E-state index < -0.39 is 6.04 Å². The van der Waals surface area contributed by atoms with Crippen LogP contribution in [0.1, 0.15) is 43.7 Å². The van der Waals surface area contributed by atoms with Crippen molar-refractivity contribution in [2.24, 2.45) is 0 Å². The monoisotopic (exact) mass is 510 g/mol. The molecule has 1 aliphatic carbocycles. The van der Waals surface area contributed by atoms with Crippen LogP contribution in [0.3, 0.4) is 0 Å². The summed E-state index contributed by atoms with van der Waals surface area (Å²) in [7, 11) is 0. The molecular formula is C23H25BrCl2N2O2. The van der Waals surface area contributed by atoms with E-state index in [1.165, 1.54) is 0 Å². The standard InChI is InChI=1S/C23H25BrCl2N2O2/c1-15(23(30)27-18-8-2-3-9-18)28(14-16-6-4-7-17(24)12-16)22(29)13-19-20(25)10-5-11-21(19)26/h4-7,10-12,15,18H,2-3,8-9,13-14H2,1H3,(H,27,30)/t15-/m0/s1. The fourth-order valence-electron chi connectivity index (χ4n) is 3.76. The van der Waals surface area contributed by atoms with Gasteiger partial charge >= 0.3 is 0 Å². The molecule has 0 aliphatic heterocycles. The average Bonchev–Trinajstić information content (AvgIpc) is 3.21. The van der Waals surface area contributed by atoms with Crippen molar-refractivity contribution < 1.29 is 9.59 Å². The molecule has 0 spiro atoms. The molecule has 160 valence electrons. The highest BCUT2D eigenvalue weighted by Gasteiger charge is 2.29. The first-order valence-electron chi connectivity index (χ1n) is 10.1. The lowest BCUT2D eigenvalue weighted by atomic mass is 10.1. The van der Waals surface area contributed by atoms with Crippen LogP contribution in [0.15, 0.2) is 46.9 Å². The SMILES string of the molecule is C[C@@H](C(=O)NC1CCCC1)N(Cc1cccc(Br)c1)C(=O)Cc1c(Cl)cccc1Cl. The Hall–Kier alpha value is -1.56. The van der Waals surface area contributed by atoms with Crippen LogP contribution < -0.4 is 5.32 Å². The largest absolute Gasteiger partial charge is 0.352 e. The fraction of sp³-hybridized carbons (Fsp3) is 0.391. The van der Waals surface area contributed by atoms with Crippen molar-refractivity contribution in [1.82, 2.24) is 10.2 Å². The Balaban J connectivity index is 1.82. The normalized spacial score (nSPS) is 15.1. The Morgan fingerprint density at radius 1 is 1.13 bits per heavy atom. The highest BCUT2D eigenvalue weighted by Crippen LogP contribution is 2.26. The quantitative estimate of drug-likeness (QED) is 0.512. The first kappa shape index (κ1) is 23.1. The second-order valence-corrected chi connectivity index (χ2v) is 9.42. The summed E-state index contributed by atoms with van der Waals surface area (Å²) < 4.78 is 0.921. The lowest BCUT2D eigenvalue weighted by Gasteiger charge is -2.30. The van der Waals surface area contributed by atoms with Crippen molar-refractivity contribution in [1.29, 1.82) is 0 Å². The van der Waals surface area contributed by atoms with E-state index in [9.17, 15) is 9.59 Å². The molecule has 1 aliphatic rings. The molecule has 0 heterocycles. The van der Waals surface area contributed by atoms with Gasteiger partial charge in [0.05, 0.1) is 6.42 Å². The number of hydrogen-bond donors (Lipinski definition) is 1. The van der Waals surface area contributed by atoms with Crippen LogP contribution in [0.2, 0.25) is 10.0 Å². The summed E-state index contributed by atoms with van der Waals surface area (Å²) in [5.41, 5.74) is 1.51. The zero-order chi connectivity index (χ0) is 21.7. The van der Waals surface area contributed by atoms with Crippen molar-refractivity contribution in [2.45, 2.75) is 57.7 Å². The fourth-order valence-corrected chi connectivity index (χ4v) is 4.74. The third-order valence-corrected chi connectivity index (χ3v) is 6.70. The maximum atomic E-state index is 13.3. The van der Waals surface area contributed by atoms with Crippen molar-refractivity contribution in [3.63, 3.8) is 0 Å². The zero-order valence-corrected chi connectivity index (χ0v) is 19.9. The van der Waals surface area contributed by atoms with E-state index in [1.54, 1.807) is 30.0 Å². The highest BCUT2D eigenvalue weighted by molar-refractivity contribution is 9.10. The molecule has 0 saturated heterocycles. The Bertz CT molecular complexity index is 896. The van der Waals surface area contributed by atoms with Gasteiger partial charge in [0.2, 0.25) is 11.8 Å². The van der Waals surface area contributed by atoms with Crippen molar-refractivity contribution >= 4 is 50.9 Å². The summed E-state index contributed by atoms with van der Waals surface area (Å²) in [5, 5.41) is 3.99. The van der Waals surface area contributed by atoms with Gasteiger partial charge in [0.15, 0.2) is 0 Å². The number of hydrogen-bond acceptors (Lipinski definition) is 2. The molecule has 7 heteroatoms. The lowest BCUT2D eigenvalue weighted by molar-refractivity contribution is -0.140. The van der Waals surface area contributed by atoms with Gasteiger partial charge in [-0.05, 0) is 55.2 Å². The van der Waals surface area contributed by atoms with E-state index in [-0.39, 0.29) is 24.3 Å². The number of nitrogens with one attached hydrogen (secondary N) is 1. The smallest absolute Gasteiger partial charge is 0.242 e. The van der Waals surface area contributed by atoms with Gasteiger partial charge in [0.1, 0.15) is 6.04 Å². The number of carbonyl (C=O) groups is 2. The van der Waals surface area contributed by atoms with Gasteiger partial charge in [-0.3, -0.25) is 9.59 Å². The number of carbonyl (C=O) groups excluding carboxylic acids is 2. The highest BCUT2D eigenvalue weighted by atomic mass is 79.9. The summed E-state index contributed by atoms with van der Waals surface area (Å²) in [6, 6.07) is 12.5. The van der Waals surface area contributed by atoms with Gasteiger partial charge in [-0.25, -0.2) is 0 Å². The molecule has 1 fully saturated rings. The minimum absolute atomic E-state index is 0.0353. The predicted octanol–water partition coefficient (Wildman–Crippen LogP) is 5.77. The van der Waals surface area contributed by atoms with Crippen LogP contribution in [0.4, 0.5) is 0 Å². The molecular weight excluding hydrogens is 487 g/mol. The molecule has 0 aromatic heterocycles. The predicted molar refractivity (Wildman–Crippen MR) is 125 cm³/mol. The minimum Gasteiger partial charge on any atom is -0.352 e. The van der Waals surface area contributed by atoms with E-state index in [2.05, 4.69) is 21.2 Å². The third kappa shape index (κ3) is 5.99. The molecule has 3 rings (SSSR count). The van der Waals surface area contributed by atoms with E-state index >= 15 is 0 Å². The van der Waals surface area contributed by atoms with E-state index in [0.717, 1.165) is 35.7 Å². The van der Waals surface area contributed by atoms with Crippen LogP contribution in [0.25, 0.3) is 0 Å².